The molecule has 1 N–H and O–H groups in total. The van der Waals surface area contributed by atoms with E-state index in [1.807, 2.05) is 47.7 Å². The molecule has 0 spiro atoms. The van der Waals surface area contributed by atoms with Gasteiger partial charge in [-0.3, -0.25) is 4.79 Å². The fourth-order valence-corrected chi connectivity index (χ4v) is 2.56. The molecule has 1 aromatic heterocycles. The molecule has 5 nitrogen and oxygen atoms in total. The molecule has 98 valence electrons. The molecule has 19 heavy (non-hydrogen) atoms. The van der Waals surface area contributed by atoms with Crippen LogP contribution in [0.25, 0.3) is 11.4 Å². The van der Waals surface area contributed by atoms with Gasteiger partial charge in [-0.05, 0) is 47.2 Å². The van der Waals surface area contributed by atoms with E-state index >= 15 is 0 Å². The molecule has 0 aliphatic carbocycles. The number of aromatic nitrogens is 2. The van der Waals surface area contributed by atoms with Crippen molar-refractivity contribution in [2.75, 3.05) is 6.79 Å². The van der Waals surface area contributed by atoms with Crippen LogP contribution in [0.1, 0.15) is 12.6 Å². The third kappa shape index (κ3) is 2.20. The molecule has 0 unspecified atom stereocenters. The molecule has 3 rings (SSSR count). The van der Waals surface area contributed by atoms with Crippen LogP contribution in [0.2, 0.25) is 0 Å². The van der Waals surface area contributed by atoms with E-state index in [1.165, 1.54) is 0 Å². The third-order valence-corrected chi connectivity index (χ3v) is 4.02. The number of nitrogens with zero attached hydrogens (tertiary/aromatic N) is 1. The molecule has 2 aromatic rings. The van der Waals surface area contributed by atoms with E-state index < -0.39 is 0 Å². The van der Waals surface area contributed by atoms with Crippen LogP contribution in [0.3, 0.4) is 0 Å². The minimum absolute atomic E-state index is 0.111. The van der Waals surface area contributed by atoms with E-state index in [-0.39, 0.29) is 12.4 Å². The second-order valence-corrected chi connectivity index (χ2v) is 5.18. The number of hydrogen-bond acceptors (Lipinski definition) is 4. The Morgan fingerprint density at radius 1 is 1.37 bits per heavy atom. The Bertz CT molecular complexity index is 697. The molecule has 1 aromatic carbocycles. The predicted octanol–water partition coefficient (Wildman–Crippen LogP) is 2.33. The van der Waals surface area contributed by atoms with Crippen molar-refractivity contribution in [2.24, 2.45) is 0 Å². The van der Waals surface area contributed by atoms with Gasteiger partial charge < -0.3 is 14.5 Å². The van der Waals surface area contributed by atoms with Gasteiger partial charge in [0.1, 0.15) is 5.82 Å². The summed E-state index contributed by atoms with van der Waals surface area (Å²) in [6, 6.07) is 5.51. The Kier molecular flexibility index (Phi) is 3.17. The van der Waals surface area contributed by atoms with Gasteiger partial charge in [0.15, 0.2) is 11.5 Å². The van der Waals surface area contributed by atoms with Gasteiger partial charge in [0.05, 0.1) is 9.26 Å². The van der Waals surface area contributed by atoms with Crippen molar-refractivity contribution in [3.63, 3.8) is 0 Å². The monoisotopic (exact) mass is 370 g/mol. The summed E-state index contributed by atoms with van der Waals surface area (Å²) in [6.07, 6.45) is 0.722. The highest BCUT2D eigenvalue weighted by Gasteiger charge is 2.15. The summed E-state index contributed by atoms with van der Waals surface area (Å²) in [5.74, 6) is 1.95. The molecule has 1 aliphatic heterocycles. The van der Waals surface area contributed by atoms with Crippen molar-refractivity contribution in [3.8, 4) is 22.9 Å². The van der Waals surface area contributed by atoms with Crippen molar-refractivity contribution < 1.29 is 9.47 Å². The minimum atomic E-state index is -0.111. The van der Waals surface area contributed by atoms with Crippen LogP contribution >= 0.6 is 22.6 Å². The number of halogens is 1. The highest BCUT2D eigenvalue weighted by molar-refractivity contribution is 14.1. The average molecular weight is 370 g/mol. The molecule has 6 heteroatoms. The number of H-pyrrole nitrogens is 1. The largest absolute Gasteiger partial charge is 0.454 e. The summed E-state index contributed by atoms with van der Waals surface area (Å²) < 4.78 is 11.2. The average Bonchev–Trinajstić information content (AvgIpc) is 2.89. The molecule has 0 radical (unpaired) electrons. The Labute approximate surface area is 123 Å². The summed E-state index contributed by atoms with van der Waals surface area (Å²) in [4.78, 5) is 19.1. The molecule has 0 saturated carbocycles. The molecular formula is C13H11IN2O3. The Morgan fingerprint density at radius 3 is 2.95 bits per heavy atom. The Morgan fingerprint density at radius 2 is 2.16 bits per heavy atom. The maximum absolute atomic E-state index is 11.9. The maximum Gasteiger partial charge on any atom is 0.264 e. The first-order valence-electron chi connectivity index (χ1n) is 5.87. The van der Waals surface area contributed by atoms with E-state index in [1.54, 1.807) is 0 Å². The Hall–Kier alpha value is -1.57. The van der Waals surface area contributed by atoms with Gasteiger partial charge in [-0.2, -0.15) is 0 Å². The van der Waals surface area contributed by atoms with Crippen molar-refractivity contribution in [1.82, 2.24) is 9.97 Å². The predicted molar refractivity (Wildman–Crippen MR) is 78.5 cm³/mol. The van der Waals surface area contributed by atoms with Crippen LogP contribution in [0.15, 0.2) is 23.0 Å². The van der Waals surface area contributed by atoms with Crippen molar-refractivity contribution in [3.05, 3.63) is 37.8 Å². The van der Waals surface area contributed by atoms with E-state index in [2.05, 4.69) is 9.97 Å². The summed E-state index contributed by atoms with van der Waals surface area (Å²) in [7, 11) is 0. The molecule has 0 bridgehead atoms. The van der Waals surface area contributed by atoms with Crippen LogP contribution in [0.5, 0.6) is 11.5 Å². The second kappa shape index (κ2) is 4.84. The lowest BCUT2D eigenvalue weighted by molar-refractivity contribution is 0.174. The van der Waals surface area contributed by atoms with Crippen LogP contribution in [-0.4, -0.2) is 16.8 Å². The van der Waals surface area contributed by atoms with Crippen LogP contribution in [0.4, 0.5) is 0 Å². The van der Waals surface area contributed by atoms with Crippen LogP contribution in [0, 0.1) is 3.57 Å². The zero-order valence-corrected chi connectivity index (χ0v) is 12.4. The molecule has 1 aliphatic rings. The van der Waals surface area contributed by atoms with Gasteiger partial charge in [-0.25, -0.2) is 4.98 Å². The van der Waals surface area contributed by atoms with Gasteiger partial charge in [0.2, 0.25) is 6.79 Å². The first-order valence-corrected chi connectivity index (χ1v) is 6.95. The lowest BCUT2D eigenvalue weighted by Crippen LogP contribution is -2.15. The van der Waals surface area contributed by atoms with Gasteiger partial charge >= 0.3 is 0 Å². The van der Waals surface area contributed by atoms with E-state index in [4.69, 9.17) is 9.47 Å². The maximum atomic E-state index is 11.9. The van der Waals surface area contributed by atoms with Gasteiger partial charge in [0.25, 0.3) is 5.56 Å². The smallest absolute Gasteiger partial charge is 0.264 e. The number of fused-ring (bicyclic) bond motifs is 1. The molecule has 0 fully saturated rings. The van der Waals surface area contributed by atoms with Gasteiger partial charge in [-0.15, -0.1) is 0 Å². The highest BCUT2D eigenvalue weighted by atomic mass is 127. The number of benzene rings is 1. The lowest BCUT2D eigenvalue weighted by Gasteiger charge is -2.06. The molecule has 2 heterocycles. The fraction of sp³-hybridized carbons (Fsp3) is 0.231. The quantitative estimate of drug-likeness (QED) is 0.825. The van der Waals surface area contributed by atoms with Crippen LogP contribution in [-0.2, 0) is 6.42 Å². The van der Waals surface area contributed by atoms with Crippen molar-refractivity contribution >= 4 is 22.6 Å². The van der Waals surface area contributed by atoms with E-state index in [0.717, 1.165) is 17.7 Å². The van der Waals surface area contributed by atoms with Gasteiger partial charge in [0, 0.05) is 5.56 Å². The highest BCUT2D eigenvalue weighted by Crippen LogP contribution is 2.34. The summed E-state index contributed by atoms with van der Waals surface area (Å²) in [5, 5.41) is 0. The first-order chi connectivity index (χ1) is 9.19. The zero-order valence-electron chi connectivity index (χ0n) is 10.2. The lowest BCUT2D eigenvalue weighted by atomic mass is 10.2. The second-order valence-electron chi connectivity index (χ2n) is 4.10. The number of hydrogen-bond donors (Lipinski definition) is 1. The van der Waals surface area contributed by atoms with Crippen molar-refractivity contribution in [2.45, 2.75) is 13.3 Å². The number of aromatic amines is 1. The Balaban J connectivity index is 2.12. The van der Waals surface area contributed by atoms with Crippen LogP contribution < -0.4 is 15.0 Å². The zero-order chi connectivity index (χ0) is 13.4. The fourth-order valence-electron chi connectivity index (χ4n) is 1.92. The van der Waals surface area contributed by atoms with E-state index in [9.17, 15) is 4.79 Å². The van der Waals surface area contributed by atoms with E-state index in [0.29, 0.717) is 20.9 Å². The summed E-state index contributed by atoms with van der Waals surface area (Å²) in [6.45, 7) is 2.21. The molecular weight excluding hydrogens is 359 g/mol. The molecule has 0 amide bonds. The number of nitrogens with one attached hydrogen (secondary N) is 1. The standard InChI is InChI=1S/C13H11IN2O3/c1-2-8-11(14)13(17)16-12(15-8)7-3-4-9-10(5-7)19-6-18-9/h3-5H,2,6H2,1H3,(H,15,16,17). The number of ether oxygens (including phenoxy) is 2. The van der Waals surface area contributed by atoms with Gasteiger partial charge in [-0.1, -0.05) is 6.92 Å². The van der Waals surface area contributed by atoms with Crippen molar-refractivity contribution in [1.29, 1.82) is 0 Å². The molecule has 0 saturated heterocycles. The normalized spacial score (nSPS) is 12.7. The number of rotatable bonds is 2. The minimum Gasteiger partial charge on any atom is -0.454 e. The number of aryl methyl sites for hydroxylation is 1. The third-order valence-electron chi connectivity index (χ3n) is 2.91. The molecule has 0 atom stereocenters. The SMILES string of the molecule is CCc1nc(-c2ccc3c(c2)OCO3)[nH]c(=O)c1I. The topological polar surface area (TPSA) is 64.2 Å². The summed E-state index contributed by atoms with van der Waals surface area (Å²) in [5.41, 5.74) is 1.50. The first kappa shape index (κ1) is 12.5. The summed E-state index contributed by atoms with van der Waals surface area (Å²) >= 11 is 2.02.